The molecule has 29 heavy (non-hydrogen) atoms. The van der Waals surface area contributed by atoms with Crippen LogP contribution in [0.1, 0.15) is 29.2 Å². The summed E-state index contributed by atoms with van der Waals surface area (Å²) in [6.07, 6.45) is 0. The summed E-state index contributed by atoms with van der Waals surface area (Å²) in [6.45, 7) is 8.38. The number of aryl methyl sites for hydroxylation is 3. The largest absolute Gasteiger partial charge is 0.351 e. The van der Waals surface area contributed by atoms with E-state index < -0.39 is 0 Å². The van der Waals surface area contributed by atoms with Crippen LogP contribution in [0, 0.1) is 20.8 Å². The molecule has 0 radical (unpaired) electrons. The molecular formula is C23H25N3O2S. The van der Waals surface area contributed by atoms with E-state index in [1.54, 1.807) is 6.07 Å². The number of rotatable bonds is 6. The van der Waals surface area contributed by atoms with Gasteiger partial charge < -0.3 is 5.32 Å². The minimum absolute atomic E-state index is 0.0674. The smallest absolute Gasteiger partial charge is 0.271 e. The number of hydrogen-bond donors (Lipinski definition) is 1. The average molecular weight is 408 g/mol. The molecular weight excluding hydrogens is 382 g/mol. The van der Waals surface area contributed by atoms with Crippen molar-refractivity contribution in [2.24, 2.45) is 0 Å². The second kappa shape index (κ2) is 9.09. The van der Waals surface area contributed by atoms with Gasteiger partial charge in [-0.2, -0.15) is 9.78 Å². The lowest BCUT2D eigenvalue weighted by molar-refractivity contribution is -0.120. The summed E-state index contributed by atoms with van der Waals surface area (Å²) < 4.78 is 1.38. The molecule has 3 aromatic rings. The SMILES string of the molecule is Cc1cccc(CNC(=O)[C@@H](C)Sc2ccc(=O)n(-c3ccc(C)c(C)c3)n2)c1. The zero-order chi connectivity index (χ0) is 21.0. The fourth-order valence-electron chi connectivity index (χ4n) is 2.89. The minimum Gasteiger partial charge on any atom is -0.351 e. The molecule has 6 heteroatoms. The summed E-state index contributed by atoms with van der Waals surface area (Å²) in [6, 6.07) is 17.0. The first kappa shape index (κ1) is 20.9. The lowest BCUT2D eigenvalue weighted by Gasteiger charge is -2.13. The molecule has 0 saturated carbocycles. The fraction of sp³-hybridized carbons (Fsp3) is 0.261. The first-order valence-electron chi connectivity index (χ1n) is 9.51. The van der Waals surface area contributed by atoms with Crippen LogP contribution in [0.15, 0.2) is 64.4 Å². The third-order valence-electron chi connectivity index (χ3n) is 4.73. The van der Waals surface area contributed by atoms with E-state index in [1.807, 2.05) is 64.1 Å². The maximum atomic E-state index is 12.5. The van der Waals surface area contributed by atoms with Gasteiger partial charge in [0.25, 0.3) is 5.56 Å². The van der Waals surface area contributed by atoms with E-state index in [4.69, 9.17) is 0 Å². The number of thioether (sulfide) groups is 1. The van der Waals surface area contributed by atoms with Crippen LogP contribution in [0.5, 0.6) is 0 Å². The maximum absolute atomic E-state index is 12.5. The van der Waals surface area contributed by atoms with Gasteiger partial charge in [-0.15, -0.1) is 0 Å². The van der Waals surface area contributed by atoms with Crippen molar-refractivity contribution in [3.63, 3.8) is 0 Å². The highest BCUT2D eigenvalue weighted by molar-refractivity contribution is 8.00. The topological polar surface area (TPSA) is 64.0 Å². The second-order valence-corrected chi connectivity index (χ2v) is 8.52. The van der Waals surface area contributed by atoms with Gasteiger partial charge in [-0.3, -0.25) is 9.59 Å². The van der Waals surface area contributed by atoms with E-state index in [-0.39, 0.29) is 16.7 Å². The monoisotopic (exact) mass is 407 g/mol. The van der Waals surface area contributed by atoms with Gasteiger partial charge in [0.05, 0.1) is 10.9 Å². The van der Waals surface area contributed by atoms with Crippen LogP contribution in [0.3, 0.4) is 0 Å². The molecule has 1 heterocycles. The van der Waals surface area contributed by atoms with Crippen molar-refractivity contribution in [1.29, 1.82) is 0 Å². The predicted molar refractivity (Wildman–Crippen MR) is 118 cm³/mol. The standard InChI is InChI=1S/C23H25N3O2S/c1-15-6-5-7-19(12-15)14-24-23(28)18(4)29-21-10-11-22(27)26(25-21)20-9-8-16(2)17(3)13-20/h5-13,18H,14H2,1-4H3,(H,24,28)/t18-/m1/s1. The van der Waals surface area contributed by atoms with E-state index in [0.717, 1.165) is 27.9 Å². The normalized spacial score (nSPS) is 11.9. The molecule has 1 aromatic heterocycles. The molecule has 0 saturated heterocycles. The molecule has 0 aliphatic heterocycles. The minimum atomic E-state index is -0.335. The van der Waals surface area contributed by atoms with Gasteiger partial charge in [0, 0.05) is 12.6 Å². The zero-order valence-electron chi connectivity index (χ0n) is 17.1. The number of aromatic nitrogens is 2. The van der Waals surface area contributed by atoms with Crippen molar-refractivity contribution < 1.29 is 4.79 Å². The van der Waals surface area contributed by atoms with Crippen molar-refractivity contribution in [2.45, 2.75) is 44.5 Å². The van der Waals surface area contributed by atoms with Gasteiger partial charge in [-0.05, 0) is 62.6 Å². The Balaban J connectivity index is 1.70. The molecule has 0 fully saturated rings. The van der Waals surface area contributed by atoms with Crippen molar-refractivity contribution in [2.75, 3.05) is 0 Å². The van der Waals surface area contributed by atoms with Crippen LogP contribution < -0.4 is 10.9 Å². The summed E-state index contributed by atoms with van der Waals surface area (Å²) >= 11 is 1.33. The molecule has 2 aromatic carbocycles. The van der Waals surface area contributed by atoms with E-state index in [9.17, 15) is 9.59 Å². The second-order valence-electron chi connectivity index (χ2n) is 7.16. The van der Waals surface area contributed by atoms with Gasteiger partial charge in [0.2, 0.25) is 5.91 Å². The number of hydrogen-bond acceptors (Lipinski definition) is 4. The summed E-state index contributed by atoms with van der Waals surface area (Å²) in [4.78, 5) is 24.8. The molecule has 1 amide bonds. The molecule has 5 nitrogen and oxygen atoms in total. The Morgan fingerprint density at radius 1 is 1.07 bits per heavy atom. The quantitative estimate of drug-likeness (QED) is 0.629. The van der Waals surface area contributed by atoms with Gasteiger partial charge in [0.15, 0.2) is 0 Å². The fourth-order valence-corrected chi connectivity index (χ4v) is 3.72. The molecule has 3 rings (SSSR count). The van der Waals surface area contributed by atoms with E-state index in [1.165, 1.54) is 22.5 Å². The molecule has 1 atom stereocenters. The van der Waals surface area contributed by atoms with E-state index in [0.29, 0.717) is 11.6 Å². The van der Waals surface area contributed by atoms with Crippen molar-refractivity contribution in [3.05, 3.63) is 87.2 Å². The van der Waals surface area contributed by atoms with Crippen molar-refractivity contribution in [1.82, 2.24) is 15.1 Å². The van der Waals surface area contributed by atoms with Gasteiger partial charge >= 0.3 is 0 Å². The number of benzene rings is 2. The first-order valence-corrected chi connectivity index (χ1v) is 10.4. The molecule has 150 valence electrons. The summed E-state index contributed by atoms with van der Waals surface area (Å²) in [5, 5.41) is 7.70. The maximum Gasteiger partial charge on any atom is 0.271 e. The summed E-state index contributed by atoms with van der Waals surface area (Å²) in [5.74, 6) is -0.0674. The Morgan fingerprint density at radius 2 is 1.86 bits per heavy atom. The highest BCUT2D eigenvalue weighted by Gasteiger charge is 2.16. The molecule has 0 aliphatic rings. The average Bonchev–Trinajstić information content (AvgIpc) is 2.69. The highest BCUT2D eigenvalue weighted by atomic mass is 32.2. The van der Waals surface area contributed by atoms with Crippen molar-refractivity contribution in [3.8, 4) is 5.69 Å². The lowest BCUT2D eigenvalue weighted by Crippen LogP contribution is -2.30. The van der Waals surface area contributed by atoms with Crippen molar-refractivity contribution >= 4 is 17.7 Å². The van der Waals surface area contributed by atoms with Crippen LogP contribution >= 0.6 is 11.8 Å². The molecule has 0 unspecified atom stereocenters. The van der Waals surface area contributed by atoms with Crippen LogP contribution in [0.4, 0.5) is 0 Å². The van der Waals surface area contributed by atoms with E-state index in [2.05, 4.69) is 16.5 Å². The Bertz CT molecular complexity index is 1090. The highest BCUT2D eigenvalue weighted by Crippen LogP contribution is 2.21. The summed E-state index contributed by atoms with van der Waals surface area (Å²) in [7, 11) is 0. The molecule has 1 N–H and O–H groups in total. The number of carbonyl (C=O) groups is 1. The number of carbonyl (C=O) groups excluding carboxylic acids is 1. The van der Waals surface area contributed by atoms with Crippen LogP contribution in [0.25, 0.3) is 5.69 Å². The van der Waals surface area contributed by atoms with Crippen LogP contribution in [0.2, 0.25) is 0 Å². The third kappa shape index (κ3) is 5.35. The summed E-state index contributed by atoms with van der Waals surface area (Å²) in [5.41, 5.74) is 5.00. The van der Waals surface area contributed by atoms with Crippen LogP contribution in [-0.2, 0) is 11.3 Å². The Morgan fingerprint density at radius 3 is 2.59 bits per heavy atom. The molecule has 0 bridgehead atoms. The number of nitrogens with zero attached hydrogens (tertiary/aromatic N) is 2. The van der Waals surface area contributed by atoms with Gasteiger partial charge in [-0.25, -0.2) is 0 Å². The first-order chi connectivity index (χ1) is 13.8. The van der Waals surface area contributed by atoms with Gasteiger partial charge in [0.1, 0.15) is 5.03 Å². The van der Waals surface area contributed by atoms with Crippen LogP contribution in [-0.4, -0.2) is 20.9 Å². The van der Waals surface area contributed by atoms with E-state index >= 15 is 0 Å². The number of amides is 1. The Labute approximate surface area is 175 Å². The third-order valence-corrected chi connectivity index (χ3v) is 5.75. The lowest BCUT2D eigenvalue weighted by atomic mass is 10.1. The number of nitrogens with one attached hydrogen (secondary N) is 1. The zero-order valence-corrected chi connectivity index (χ0v) is 17.9. The predicted octanol–water partition coefficient (Wildman–Crippen LogP) is 3.95. The molecule has 0 aliphatic carbocycles. The Kier molecular flexibility index (Phi) is 6.54. The van der Waals surface area contributed by atoms with Gasteiger partial charge in [-0.1, -0.05) is 47.7 Å². The molecule has 0 spiro atoms. The Hall–Kier alpha value is -2.86.